The molecule has 0 amide bonds. The summed E-state index contributed by atoms with van der Waals surface area (Å²) in [6.07, 6.45) is 5.83. The maximum absolute atomic E-state index is 5.75. The fourth-order valence-electron chi connectivity index (χ4n) is 2.64. The predicted molar refractivity (Wildman–Crippen MR) is 101 cm³/mol. The molecule has 0 atom stereocenters. The van der Waals surface area contributed by atoms with Crippen LogP contribution in [0.5, 0.6) is 17.2 Å². The van der Waals surface area contributed by atoms with Crippen molar-refractivity contribution >= 4 is 18.2 Å². The van der Waals surface area contributed by atoms with E-state index in [1.165, 1.54) is 0 Å². The van der Waals surface area contributed by atoms with Gasteiger partial charge in [0.2, 0.25) is 11.4 Å². The first-order valence-corrected chi connectivity index (χ1v) is 8.02. The van der Waals surface area contributed by atoms with Gasteiger partial charge in [-0.2, -0.15) is 4.57 Å². The Hall–Kier alpha value is -2.79. The molecule has 0 aliphatic carbocycles. The highest BCUT2D eigenvalue weighted by atomic mass is 16.5. The highest BCUT2D eigenvalue weighted by molar-refractivity contribution is 5.73. The predicted octanol–water partition coefficient (Wildman–Crippen LogP) is 2.77. The number of methoxy groups -OCH3 is 3. The van der Waals surface area contributed by atoms with Crippen LogP contribution in [-0.2, 0) is 6.54 Å². The minimum absolute atomic E-state index is 0.552. The van der Waals surface area contributed by atoms with Crippen LogP contribution in [0.15, 0.2) is 36.9 Å². The average Bonchev–Trinajstić information content (AvgIpc) is 2.66. The van der Waals surface area contributed by atoms with Crippen molar-refractivity contribution in [2.75, 3.05) is 27.9 Å². The number of benzene rings is 1. The molecule has 2 rings (SSSR count). The van der Waals surface area contributed by atoms with Crippen LogP contribution in [0, 0.1) is 0 Å². The number of pyridine rings is 1. The molecular weight excluding hydrogens is 316 g/mol. The van der Waals surface area contributed by atoms with Crippen molar-refractivity contribution in [1.29, 1.82) is 0 Å². The summed E-state index contributed by atoms with van der Waals surface area (Å²) in [5, 5.41) is 0. The molecule has 25 heavy (non-hydrogen) atoms. The van der Waals surface area contributed by atoms with Gasteiger partial charge in [0.1, 0.15) is 5.75 Å². The molecule has 5 heteroatoms. The number of hydrogen-bond acceptors (Lipinski definition) is 4. The van der Waals surface area contributed by atoms with Gasteiger partial charge in [0, 0.05) is 35.9 Å². The molecule has 0 fully saturated rings. The summed E-state index contributed by atoms with van der Waals surface area (Å²) in [5.41, 5.74) is 8.69. The number of nitrogens with two attached hydrogens (primary N) is 1. The minimum atomic E-state index is 0.552. The van der Waals surface area contributed by atoms with Gasteiger partial charge < -0.3 is 19.9 Å². The lowest BCUT2D eigenvalue weighted by Gasteiger charge is -2.12. The molecule has 1 aromatic carbocycles. The zero-order chi connectivity index (χ0) is 18.2. The lowest BCUT2D eigenvalue weighted by atomic mass is 10.1. The zero-order valence-corrected chi connectivity index (χ0v) is 15.0. The SMILES string of the molecule is C=Cc1cccc(/C=C/c2cc(OC)c(OC)cc2OC)[n+]1CCN. The van der Waals surface area contributed by atoms with Crippen LogP contribution >= 0.6 is 0 Å². The Bertz CT molecular complexity index is 770. The lowest BCUT2D eigenvalue weighted by Crippen LogP contribution is -2.43. The van der Waals surface area contributed by atoms with Crippen LogP contribution in [0.4, 0.5) is 0 Å². The summed E-state index contributed by atoms with van der Waals surface area (Å²) in [6, 6.07) is 9.74. The van der Waals surface area contributed by atoms with Crippen molar-refractivity contribution < 1.29 is 18.8 Å². The Morgan fingerprint density at radius 2 is 1.60 bits per heavy atom. The topological polar surface area (TPSA) is 57.6 Å². The molecule has 0 aliphatic rings. The maximum Gasteiger partial charge on any atom is 0.205 e. The summed E-state index contributed by atoms with van der Waals surface area (Å²) in [7, 11) is 4.84. The van der Waals surface area contributed by atoms with Crippen molar-refractivity contribution in [3.05, 3.63) is 53.9 Å². The minimum Gasteiger partial charge on any atom is -0.496 e. The maximum atomic E-state index is 5.75. The summed E-state index contributed by atoms with van der Waals surface area (Å²) in [5.74, 6) is 1.99. The first-order valence-electron chi connectivity index (χ1n) is 8.02. The number of rotatable bonds is 8. The van der Waals surface area contributed by atoms with Crippen LogP contribution in [0.3, 0.4) is 0 Å². The third-order valence-corrected chi connectivity index (χ3v) is 3.89. The van der Waals surface area contributed by atoms with Gasteiger partial charge in [0.15, 0.2) is 18.0 Å². The lowest BCUT2D eigenvalue weighted by molar-refractivity contribution is -0.697. The molecule has 132 valence electrons. The van der Waals surface area contributed by atoms with E-state index in [9.17, 15) is 0 Å². The molecule has 2 N–H and O–H groups in total. The first kappa shape index (κ1) is 18.5. The van der Waals surface area contributed by atoms with E-state index < -0.39 is 0 Å². The fourth-order valence-corrected chi connectivity index (χ4v) is 2.64. The van der Waals surface area contributed by atoms with Gasteiger partial charge >= 0.3 is 0 Å². The molecule has 0 spiro atoms. The van der Waals surface area contributed by atoms with E-state index in [2.05, 4.69) is 11.1 Å². The first-order chi connectivity index (χ1) is 12.2. The van der Waals surface area contributed by atoms with E-state index >= 15 is 0 Å². The Morgan fingerprint density at radius 3 is 2.20 bits per heavy atom. The van der Waals surface area contributed by atoms with Crippen molar-refractivity contribution in [1.82, 2.24) is 0 Å². The second-order valence-electron chi connectivity index (χ2n) is 5.30. The zero-order valence-electron chi connectivity index (χ0n) is 15.0. The highest BCUT2D eigenvalue weighted by Crippen LogP contribution is 2.35. The van der Waals surface area contributed by atoms with Gasteiger partial charge in [-0.1, -0.05) is 6.58 Å². The summed E-state index contributed by atoms with van der Waals surface area (Å²) < 4.78 is 18.3. The van der Waals surface area contributed by atoms with E-state index in [1.807, 2.05) is 48.6 Å². The second kappa shape index (κ2) is 8.89. The normalized spacial score (nSPS) is 10.7. The molecule has 0 saturated carbocycles. The van der Waals surface area contributed by atoms with Crippen molar-refractivity contribution in [3.63, 3.8) is 0 Å². The van der Waals surface area contributed by atoms with Crippen molar-refractivity contribution in [2.45, 2.75) is 6.54 Å². The smallest absolute Gasteiger partial charge is 0.205 e. The van der Waals surface area contributed by atoms with E-state index in [4.69, 9.17) is 19.9 Å². The van der Waals surface area contributed by atoms with E-state index in [-0.39, 0.29) is 0 Å². The van der Waals surface area contributed by atoms with Crippen molar-refractivity contribution in [3.8, 4) is 17.2 Å². The molecule has 0 unspecified atom stereocenters. The van der Waals surface area contributed by atoms with E-state index in [1.54, 1.807) is 21.3 Å². The summed E-state index contributed by atoms with van der Waals surface area (Å²) in [4.78, 5) is 0. The van der Waals surface area contributed by atoms with Gasteiger partial charge in [-0.3, -0.25) is 0 Å². The average molecular weight is 341 g/mol. The summed E-state index contributed by atoms with van der Waals surface area (Å²) >= 11 is 0. The van der Waals surface area contributed by atoms with Gasteiger partial charge in [-0.05, 0) is 18.2 Å². The molecule has 0 saturated heterocycles. The largest absolute Gasteiger partial charge is 0.496 e. The Kier molecular flexibility index (Phi) is 6.60. The fraction of sp³-hybridized carbons (Fsp3) is 0.250. The molecule has 1 heterocycles. The molecule has 0 bridgehead atoms. The summed E-state index contributed by atoms with van der Waals surface area (Å²) in [6.45, 7) is 5.13. The Balaban J connectivity index is 2.47. The molecular formula is C20H25N2O3+. The van der Waals surface area contributed by atoms with Crippen molar-refractivity contribution in [2.24, 2.45) is 5.73 Å². The standard InChI is InChI=1S/C20H25N2O3/c1-5-16-7-6-8-17(22(16)12-11-21)10-9-15-13-19(24-3)20(25-4)14-18(15)23-2/h5-10,13-14H,1,11-12,21H2,2-4H3/q+1/b10-9+. The van der Waals surface area contributed by atoms with Crippen LogP contribution in [0.2, 0.25) is 0 Å². The monoisotopic (exact) mass is 341 g/mol. The highest BCUT2D eigenvalue weighted by Gasteiger charge is 2.13. The van der Waals surface area contributed by atoms with Gasteiger partial charge in [-0.25, -0.2) is 0 Å². The van der Waals surface area contributed by atoms with Gasteiger partial charge in [0.25, 0.3) is 0 Å². The number of aromatic nitrogens is 1. The molecule has 5 nitrogen and oxygen atoms in total. The van der Waals surface area contributed by atoms with Gasteiger partial charge in [-0.15, -0.1) is 0 Å². The van der Waals surface area contributed by atoms with E-state index in [0.29, 0.717) is 30.3 Å². The number of ether oxygens (including phenoxy) is 3. The molecule has 2 aromatic rings. The van der Waals surface area contributed by atoms with Crippen LogP contribution in [0.25, 0.3) is 18.2 Å². The van der Waals surface area contributed by atoms with Gasteiger partial charge in [0.05, 0.1) is 27.9 Å². The molecule has 0 aliphatic heterocycles. The second-order valence-corrected chi connectivity index (χ2v) is 5.30. The number of hydrogen-bond donors (Lipinski definition) is 1. The third kappa shape index (κ3) is 4.19. The molecule has 0 radical (unpaired) electrons. The van der Waals surface area contributed by atoms with Crippen LogP contribution in [-0.4, -0.2) is 27.9 Å². The van der Waals surface area contributed by atoms with Crippen LogP contribution in [0.1, 0.15) is 17.0 Å². The van der Waals surface area contributed by atoms with E-state index in [0.717, 1.165) is 17.0 Å². The quantitative estimate of drug-likeness (QED) is 0.750. The Morgan fingerprint density at radius 1 is 0.960 bits per heavy atom. The molecule has 1 aromatic heterocycles. The Labute approximate surface area is 149 Å². The third-order valence-electron chi connectivity index (χ3n) is 3.89. The number of nitrogens with zero attached hydrogens (tertiary/aromatic N) is 1. The van der Waals surface area contributed by atoms with Crippen LogP contribution < -0.4 is 24.5 Å².